The molecule has 0 bridgehead atoms. The molecule has 1 fully saturated rings. The molecule has 0 spiro atoms. The van der Waals surface area contributed by atoms with E-state index in [2.05, 4.69) is 6.92 Å². The van der Waals surface area contributed by atoms with Crippen LogP contribution in [0.2, 0.25) is 0 Å². The molecule has 5 heteroatoms. The number of anilines is 1. The van der Waals surface area contributed by atoms with E-state index in [-0.39, 0.29) is 17.9 Å². The third-order valence-corrected chi connectivity index (χ3v) is 6.05. The van der Waals surface area contributed by atoms with E-state index < -0.39 is 4.75 Å². The SMILES string of the molecule is C[C@@H]1CCCCN1C(=O)[C@]1(C)Sc2ccccc2N(C)C1=O. The van der Waals surface area contributed by atoms with Crippen LogP contribution in [-0.2, 0) is 9.59 Å². The van der Waals surface area contributed by atoms with E-state index in [1.165, 1.54) is 11.8 Å². The number of hydrogen-bond donors (Lipinski definition) is 0. The van der Waals surface area contributed by atoms with E-state index >= 15 is 0 Å². The summed E-state index contributed by atoms with van der Waals surface area (Å²) in [6, 6.07) is 7.99. The van der Waals surface area contributed by atoms with Crippen molar-refractivity contribution in [1.82, 2.24) is 4.90 Å². The Balaban J connectivity index is 1.95. The Labute approximate surface area is 135 Å². The van der Waals surface area contributed by atoms with Gasteiger partial charge in [0.25, 0.3) is 5.91 Å². The summed E-state index contributed by atoms with van der Waals surface area (Å²) >= 11 is 1.39. The second-order valence-electron chi connectivity index (χ2n) is 6.31. The molecule has 2 aliphatic rings. The molecule has 3 rings (SSSR count). The van der Waals surface area contributed by atoms with E-state index in [0.717, 1.165) is 36.4 Å². The minimum absolute atomic E-state index is 0.0453. The van der Waals surface area contributed by atoms with Gasteiger partial charge in [0.2, 0.25) is 5.91 Å². The molecular formula is C17H22N2O2S. The fraction of sp³-hybridized carbons (Fsp3) is 0.529. The quantitative estimate of drug-likeness (QED) is 0.748. The summed E-state index contributed by atoms with van der Waals surface area (Å²) in [7, 11) is 1.76. The predicted octanol–water partition coefficient (Wildman–Crippen LogP) is 2.91. The van der Waals surface area contributed by atoms with E-state index in [1.54, 1.807) is 18.9 Å². The van der Waals surface area contributed by atoms with Gasteiger partial charge in [0.1, 0.15) is 0 Å². The number of fused-ring (bicyclic) bond motifs is 1. The first-order valence-electron chi connectivity index (χ1n) is 7.82. The summed E-state index contributed by atoms with van der Waals surface area (Å²) in [6.45, 7) is 4.61. The Hall–Kier alpha value is -1.49. The van der Waals surface area contributed by atoms with Crippen molar-refractivity contribution in [3.8, 4) is 0 Å². The molecule has 2 heterocycles. The molecule has 118 valence electrons. The van der Waals surface area contributed by atoms with Crippen LogP contribution in [0.25, 0.3) is 0 Å². The van der Waals surface area contributed by atoms with Gasteiger partial charge in [0.15, 0.2) is 4.75 Å². The van der Waals surface area contributed by atoms with Gasteiger partial charge in [-0.2, -0.15) is 0 Å². The summed E-state index contributed by atoms with van der Waals surface area (Å²) in [5.41, 5.74) is 0.884. The summed E-state index contributed by atoms with van der Waals surface area (Å²) in [4.78, 5) is 30.5. The van der Waals surface area contributed by atoms with Gasteiger partial charge in [0, 0.05) is 24.5 Å². The van der Waals surface area contributed by atoms with Gasteiger partial charge in [-0.05, 0) is 45.2 Å². The third kappa shape index (κ3) is 2.32. The number of nitrogens with zero attached hydrogens (tertiary/aromatic N) is 2. The number of thioether (sulfide) groups is 1. The lowest BCUT2D eigenvalue weighted by molar-refractivity contribution is -0.141. The fourth-order valence-electron chi connectivity index (χ4n) is 3.32. The minimum Gasteiger partial charge on any atom is -0.338 e. The standard InChI is InChI=1S/C17H22N2O2S/c1-12-8-6-7-11-19(12)16(21)17(2)15(20)18(3)13-9-4-5-10-14(13)22-17/h4-5,9-10,12H,6-8,11H2,1-3H3/t12-,17-/m1/s1. The molecule has 1 saturated heterocycles. The number of likely N-dealkylation sites (tertiary alicyclic amines) is 1. The van der Waals surface area contributed by atoms with Crippen molar-refractivity contribution < 1.29 is 9.59 Å². The van der Waals surface area contributed by atoms with E-state index in [4.69, 9.17) is 0 Å². The first kappa shape index (κ1) is 15.4. The molecule has 2 amide bonds. The molecule has 1 aromatic rings. The zero-order chi connectivity index (χ0) is 15.9. The number of amides is 2. The van der Waals surface area contributed by atoms with E-state index in [0.29, 0.717) is 0 Å². The topological polar surface area (TPSA) is 40.6 Å². The number of piperidine rings is 1. The van der Waals surface area contributed by atoms with Crippen LogP contribution < -0.4 is 4.90 Å². The van der Waals surface area contributed by atoms with Crippen molar-refractivity contribution in [2.24, 2.45) is 0 Å². The molecule has 2 aliphatic heterocycles. The molecule has 0 unspecified atom stereocenters. The zero-order valence-electron chi connectivity index (χ0n) is 13.3. The first-order chi connectivity index (χ1) is 10.4. The van der Waals surface area contributed by atoms with Gasteiger partial charge in [-0.15, -0.1) is 0 Å². The Morgan fingerprint density at radius 3 is 2.77 bits per heavy atom. The molecule has 1 aromatic carbocycles. The maximum atomic E-state index is 13.1. The summed E-state index contributed by atoms with van der Waals surface area (Å²) in [5, 5.41) is 0. The van der Waals surface area contributed by atoms with Crippen molar-refractivity contribution in [1.29, 1.82) is 0 Å². The summed E-state index contributed by atoms with van der Waals surface area (Å²) in [6.07, 6.45) is 3.20. The average molecular weight is 318 g/mol. The van der Waals surface area contributed by atoms with E-state index in [9.17, 15) is 9.59 Å². The summed E-state index contributed by atoms with van der Waals surface area (Å²) in [5.74, 6) is -0.171. The second kappa shape index (κ2) is 5.61. The maximum absolute atomic E-state index is 13.1. The van der Waals surface area contributed by atoms with Crippen LogP contribution in [0.5, 0.6) is 0 Å². The van der Waals surface area contributed by atoms with Crippen LogP contribution in [0.4, 0.5) is 5.69 Å². The van der Waals surface area contributed by atoms with Gasteiger partial charge in [-0.25, -0.2) is 0 Å². The van der Waals surface area contributed by atoms with Gasteiger partial charge >= 0.3 is 0 Å². The van der Waals surface area contributed by atoms with Crippen LogP contribution in [0.3, 0.4) is 0 Å². The lowest BCUT2D eigenvalue weighted by atomic mass is 9.99. The minimum atomic E-state index is -1.06. The van der Waals surface area contributed by atoms with Gasteiger partial charge < -0.3 is 9.80 Å². The number of carbonyl (C=O) groups is 2. The van der Waals surface area contributed by atoms with Crippen molar-refractivity contribution >= 4 is 29.3 Å². The first-order valence-corrected chi connectivity index (χ1v) is 8.64. The zero-order valence-corrected chi connectivity index (χ0v) is 14.2. The van der Waals surface area contributed by atoms with Crippen molar-refractivity contribution in [3.63, 3.8) is 0 Å². The van der Waals surface area contributed by atoms with Crippen LogP contribution >= 0.6 is 11.8 Å². The number of para-hydroxylation sites is 1. The normalized spacial score (nSPS) is 28.5. The van der Waals surface area contributed by atoms with Crippen molar-refractivity contribution in [2.45, 2.75) is 48.8 Å². The molecule has 4 nitrogen and oxygen atoms in total. The van der Waals surface area contributed by atoms with Gasteiger partial charge in [0.05, 0.1) is 5.69 Å². The highest BCUT2D eigenvalue weighted by Gasteiger charge is 2.50. The van der Waals surface area contributed by atoms with Crippen LogP contribution in [-0.4, -0.2) is 41.1 Å². The number of rotatable bonds is 1. The Bertz CT molecular complexity index is 618. The predicted molar refractivity (Wildman–Crippen MR) is 89.1 cm³/mol. The van der Waals surface area contributed by atoms with E-state index in [1.807, 2.05) is 29.2 Å². The lowest BCUT2D eigenvalue weighted by Crippen LogP contribution is -2.58. The van der Waals surface area contributed by atoms with Crippen LogP contribution in [0.15, 0.2) is 29.2 Å². The van der Waals surface area contributed by atoms with Crippen LogP contribution in [0.1, 0.15) is 33.1 Å². The highest BCUT2D eigenvalue weighted by molar-refractivity contribution is 8.02. The highest BCUT2D eigenvalue weighted by Crippen LogP contribution is 2.46. The Kier molecular flexibility index (Phi) is 3.93. The molecular weight excluding hydrogens is 296 g/mol. The average Bonchev–Trinajstić information content (AvgIpc) is 2.52. The number of hydrogen-bond acceptors (Lipinski definition) is 3. The maximum Gasteiger partial charge on any atom is 0.252 e. The van der Waals surface area contributed by atoms with Gasteiger partial charge in [-0.3, -0.25) is 9.59 Å². The molecule has 0 radical (unpaired) electrons. The third-order valence-electron chi connectivity index (χ3n) is 4.73. The Morgan fingerprint density at radius 1 is 1.32 bits per heavy atom. The monoisotopic (exact) mass is 318 g/mol. The molecule has 22 heavy (non-hydrogen) atoms. The largest absolute Gasteiger partial charge is 0.338 e. The van der Waals surface area contributed by atoms with Gasteiger partial charge in [-0.1, -0.05) is 23.9 Å². The lowest BCUT2D eigenvalue weighted by Gasteiger charge is -2.42. The molecule has 0 aliphatic carbocycles. The molecule has 0 aromatic heterocycles. The smallest absolute Gasteiger partial charge is 0.252 e. The molecule has 2 atom stereocenters. The van der Waals surface area contributed by atoms with Crippen molar-refractivity contribution in [2.75, 3.05) is 18.5 Å². The Morgan fingerprint density at radius 2 is 2.05 bits per heavy atom. The number of benzene rings is 1. The van der Waals surface area contributed by atoms with Crippen LogP contribution in [0, 0.1) is 0 Å². The second-order valence-corrected chi connectivity index (χ2v) is 7.77. The number of carbonyl (C=O) groups excluding carboxylic acids is 2. The highest BCUT2D eigenvalue weighted by atomic mass is 32.2. The van der Waals surface area contributed by atoms with Crippen molar-refractivity contribution in [3.05, 3.63) is 24.3 Å². The summed E-state index contributed by atoms with van der Waals surface area (Å²) < 4.78 is -1.06. The molecule has 0 saturated carbocycles. The fourth-order valence-corrected chi connectivity index (χ4v) is 4.65. The molecule has 0 N–H and O–H groups in total.